The highest BCUT2D eigenvalue weighted by molar-refractivity contribution is 6.58. The van der Waals surface area contributed by atoms with E-state index in [1.807, 2.05) is 0 Å². The fourth-order valence-electron chi connectivity index (χ4n) is 5.15. The van der Waals surface area contributed by atoms with Gasteiger partial charge in [-0.2, -0.15) is 4.39 Å². The summed E-state index contributed by atoms with van der Waals surface area (Å²) in [7, 11) is -0.0445. The van der Waals surface area contributed by atoms with Gasteiger partial charge in [-0.25, -0.2) is 4.39 Å². The lowest BCUT2D eigenvalue weighted by atomic mass is 9.72. The number of rotatable bonds is 6. The first-order chi connectivity index (χ1) is 12.6. The Labute approximate surface area is 159 Å². The minimum atomic E-state index is -0.815. The highest BCUT2D eigenvalue weighted by Gasteiger charge is 2.32. The third-order valence-electron chi connectivity index (χ3n) is 6.60. The first-order valence-electron chi connectivity index (χ1n) is 10.6. The molecular formula is C22H33F2OSi. The molecule has 1 saturated heterocycles. The second-order valence-electron chi connectivity index (χ2n) is 8.16. The Balaban J connectivity index is 1.55. The monoisotopic (exact) mass is 379 g/mol. The molecule has 2 fully saturated rings. The van der Waals surface area contributed by atoms with Crippen LogP contribution < -0.4 is 4.74 Å². The van der Waals surface area contributed by atoms with Crippen molar-refractivity contribution in [1.82, 2.24) is 0 Å². The SMILES string of the molecule is CCC[Si]1CCC(C2CCC(c3ccc(OCC)c(F)c3F)CC2)CC1. The Kier molecular flexibility index (Phi) is 7.13. The van der Waals surface area contributed by atoms with Gasteiger partial charge in [0.15, 0.2) is 11.6 Å². The standard InChI is InChI=1S/C22H33F2OSi/c1-3-13-26-14-11-17(12-15-26)16-5-7-18(8-6-16)19-9-10-20(25-4-2)22(24)21(19)23/h9-10,16-18H,3-8,11-15H2,1-2H3. The van der Waals surface area contributed by atoms with E-state index in [4.69, 9.17) is 4.74 Å². The molecule has 0 N–H and O–H groups in total. The largest absolute Gasteiger partial charge is 0.491 e. The molecule has 0 spiro atoms. The average Bonchev–Trinajstić information content (AvgIpc) is 2.67. The second kappa shape index (κ2) is 9.34. The van der Waals surface area contributed by atoms with Crippen molar-refractivity contribution in [3.8, 4) is 5.75 Å². The van der Waals surface area contributed by atoms with Gasteiger partial charge in [0, 0.05) is 8.80 Å². The molecule has 0 aromatic heterocycles. The molecule has 0 unspecified atom stereocenters. The molecule has 1 radical (unpaired) electrons. The van der Waals surface area contributed by atoms with Crippen LogP contribution in [0.5, 0.6) is 5.75 Å². The normalized spacial score (nSPS) is 25.4. The van der Waals surface area contributed by atoms with Crippen LogP contribution in [0.25, 0.3) is 0 Å². The molecule has 2 aliphatic rings. The lowest BCUT2D eigenvalue weighted by molar-refractivity contribution is 0.214. The van der Waals surface area contributed by atoms with Crippen molar-refractivity contribution in [2.45, 2.75) is 82.8 Å². The van der Waals surface area contributed by atoms with E-state index in [0.29, 0.717) is 12.2 Å². The minimum Gasteiger partial charge on any atom is -0.491 e. The van der Waals surface area contributed by atoms with Gasteiger partial charge >= 0.3 is 0 Å². The fraction of sp³-hybridized carbons (Fsp3) is 0.727. The maximum atomic E-state index is 14.5. The summed E-state index contributed by atoms with van der Waals surface area (Å²) >= 11 is 0. The van der Waals surface area contributed by atoms with Crippen molar-refractivity contribution in [1.29, 1.82) is 0 Å². The predicted octanol–water partition coefficient (Wildman–Crippen LogP) is 6.95. The zero-order valence-corrected chi connectivity index (χ0v) is 17.3. The van der Waals surface area contributed by atoms with Gasteiger partial charge in [-0.15, -0.1) is 0 Å². The van der Waals surface area contributed by atoms with Crippen molar-refractivity contribution in [2.75, 3.05) is 6.61 Å². The Morgan fingerprint density at radius 3 is 2.19 bits per heavy atom. The molecule has 1 aromatic rings. The minimum absolute atomic E-state index is 0.0364. The molecule has 1 aromatic carbocycles. The number of halogens is 2. The summed E-state index contributed by atoms with van der Waals surface area (Å²) in [5.74, 6) is 0.401. The first kappa shape index (κ1) is 19.8. The van der Waals surface area contributed by atoms with Gasteiger partial charge in [0.1, 0.15) is 0 Å². The number of hydrogen-bond acceptors (Lipinski definition) is 1. The second-order valence-corrected chi connectivity index (χ2v) is 11.2. The molecular weight excluding hydrogens is 346 g/mol. The van der Waals surface area contributed by atoms with E-state index >= 15 is 0 Å². The Hall–Kier alpha value is -0.903. The molecule has 145 valence electrons. The van der Waals surface area contributed by atoms with Gasteiger partial charge in [-0.1, -0.05) is 50.4 Å². The van der Waals surface area contributed by atoms with Crippen LogP contribution in [0.4, 0.5) is 8.78 Å². The average molecular weight is 380 g/mol. The number of ether oxygens (including phenoxy) is 1. The van der Waals surface area contributed by atoms with Crippen LogP contribution >= 0.6 is 0 Å². The first-order valence-corrected chi connectivity index (χ1v) is 12.7. The molecule has 0 bridgehead atoms. The van der Waals surface area contributed by atoms with Crippen molar-refractivity contribution in [2.24, 2.45) is 11.8 Å². The summed E-state index contributed by atoms with van der Waals surface area (Å²) in [6.45, 7) is 4.45. The Morgan fingerprint density at radius 2 is 1.58 bits per heavy atom. The van der Waals surface area contributed by atoms with E-state index in [0.717, 1.165) is 24.7 Å². The summed E-state index contributed by atoms with van der Waals surface area (Å²) in [4.78, 5) is 0. The van der Waals surface area contributed by atoms with Crippen LogP contribution in [0.15, 0.2) is 12.1 Å². The van der Waals surface area contributed by atoms with Crippen LogP contribution in [0, 0.1) is 23.5 Å². The molecule has 1 nitrogen and oxygen atoms in total. The fourth-order valence-corrected chi connectivity index (χ4v) is 8.17. The van der Waals surface area contributed by atoms with Crippen molar-refractivity contribution in [3.05, 3.63) is 29.3 Å². The molecule has 26 heavy (non-hydrogen) atoms. The van der Waals surface area contributed by atoms with Crippen LogP contribution in [0.3, 0.4) is 0 Å². The maximum absolute atomic E-state index is 14.5. The van der Waals surface area contributed by atoms with E-state index < -0.39 is 11.6 Å². The molecule has 0 amide bonds. The smallest absolute Gasteiger partial charge is 0.200 e. The summed E-state index contributed by atoms with van der Waals surface area (Å²) in [6, 6.07) is 7.84. The quantitative estimate of drug-likeness (QED) is 0.486. The van der Waals surface area contributed by atoms with Crippen LogP contribution in [-0.2, 0) is 0 Å². The van der Waals surface area contributed by atoms with Crippen LogP contribution in [-0.4, -0.2) is 15.4 Å². The molecule has 1 aliphatic heterocycles. The van der Waals surface area contributed by atoms with E-state index in [-0.39, 0.29) is 20.5 Å². The van der Waals surface area contributed by atoms with Gasteiger partial charge < -0.3 is 4.74 Å². The van der Waals surface area contributed by atoms with Crippen LogP contribution in [0.2, 0.25) is 18.1 Å². The predicted molar refractivity (Wildman–Crippen MR) is 105 cm³/mol. The Morgan fingerprint density at radius 1 is 0.923 bits per heavy atom. The van der Waals surface area contributed by atoms with Crippen molar-refractivity contribution < 1.29 is 13.5 Å². The summed E-state index contributed by atoms with van der Waals surface area (Å²) in [5, 5.41) is 0. The highest BCUT2D eigenvalue weighted by Crippen LogP contribution is 2.44. The maximum Gasteiger partial charge on any atom is 0.200 e. The molecule has 1 saturated carbocycles. The molecule has 1 heterocycles. The van der Waals surface area contributed by atoms with Crippen LogP contribution in [0.1, 0.15) is 70.3 Å². The van der Waals surface area contributed by atoms with Gasteiger partial charge in [-0.05, 0) is 62.0 Å². The van der Waals surface area contributed by atoms with Gasteiger partial charge in [0.05, 0.1) is 6.61 Å². The third-order valence-corrected chi connectivity index (χ3v) is 9.79. The zero-order valence-electron chi connectivity index (χ0n) is 16.3. The Bertz CT molecular complexity index is 576. The van der Waals surface area contributed by atoms with Crippen molar-refractivity contribution in [3.63, 3.8) is 0 Å². The van der Waals surface area contributed by atoms with E-state index in [9.17, 15) is 8.78 Å². The summed E-state index contributed by atoms with van der Waals surface area (Å²) in [6.07, 6.45) is 8.56. The third kappa shape index (κ3) is 4.49. The van der Waals surface area contributed by atoms with Gasteiger partial charge in [0.25, 0.3) is 0 Å². The highest BCUT2D eigenvalue weighted by atomic mass is 28.3. The zero-order chi connectivity index (χ0) is 18.5. The lowest BCUT2D eigenvalue weighted by Crippen LogP contribution is -2.28. The number of benzene rings is 1. The van der Waals surface area contributed by atoms with Gasteiger partial charge in [-0.3, -0.25) is 0 Å². The van der Waals surface area contributed by atoms with E-state index in [2.05, 4.69) is 6.92 Å². The van der Waals surface area contributed by atoms with E-state index in [1.54, 1.807) is 19.1 Å². The van der Waals surface area contributed by atoms with E-state index in [1.165, 1.54) is 50.2 Å². The molecule has 3 rings (SSSR count). The van der Waals surface area contributed by atoms with Gasteiger partial charge in [0.2, 0.25) is 5.82 Å². The molecule has 4 heteroatoms. The number of hydrogen-bond donors (Lipinski definition) is 0. The molecule has 1 aliphatic carbocycles. The lowest BCUT2D eigenvalue weighted by Gasteiger charge is -2.37. The summed E-state index contributed by atoms with van der Waals surface area (Å²) in [5.41, 5.74) is 0.557. The summed E-state index contributed by atoms with van der Waals surface area (Å²) < 4.78 is 33.8. The van der Waals surface area contributed by atoms with Crippen molar-refractivity contribution >= 4 is 8.80 Å². The topological polar surface area (TPSA) is 9.23 Å². The molecule has 0 atom stereocenters.